The summed E-state index contributed by atoms with van der Waals surface area (Å²) >= 11 is 7.94. The second kappa shape index (κ2) is 13.2. The Bertz CT molecular complexity index is 1720. The van der Waals surface area contributed by atoms with Gasteiger partial charge in [0.2, 0.25) is 0 Å². The monoisotopic (exact) mass is 624 g/mol. The molecule has 1 aliphatic rings. The van der Waals surface area contributed by atoms with Crippen molar-refractivity contribution in [2.75, 3.05) is 32.8 Å². The molecule has 0 atom stereocenters. The quantitative estimate of drug-likeness (QED) is 0.227. The molecule has 1 N–H and O–H groups in total. The average Bonchev–Trinajstić information content (AvgIpc) is 3.49. The van der Waals surface area contributed by atoms with E-state index in [0.717, 1.165) is 5.57 Å². The Balaban J connectivity index is 1.75. The highest BCUT2D eigenvalue weighted by atomic mass is 35.5. The SMILES string of the molecule is CCOc1ccc(Cl)c(-n2c(C=C(C)C)c(C(=O)N3CCNCC3)cc(-c3nc(-c4ccc(C(F)F)cc4)cs3)c2=O)c1. The Kier molecular flexibility index (Phi) is 9.39. The van der Waals surface area contributed by atoms with Gasteiger partial charge in [-0.05, 0) is 45.0 Å². The molecule has 11 heteroatoms. The Morgan fingerprint density at radius 2 is 1.86 bits per heavy atom. The van der Waals surface area contributed by atoms with Crippen LogP contribution in [0.25, 0.3) is 33.6 Å². The Labute approximate surface area is 257 Å². The summed E-state index contributed by atoms with van der Waals surface area (Å²) in [4.78, 5) is 34.9. The van der Waals surface area contributed by atoms with Gasteiger partial charge in [0.15, 0.2) is 0 Å². The van der Waals surface area contributed by atoms with Crippen molar-refractivity contribution in [2.45, 2.75) is 27.2 Å². The molecule has 0 aliphatic carbocycles. The third-order valence-corrected chi connectivity index (χ3v) is 8.16. The van der Waals surface area contributed by atoms with E-state index >= 15 is 0 Å². The summed E-state index contributed by atoms with van der Waals surface area (Å²) in [5.41, 5.74) is 2.91. The summed E-state index contributed by atoms with van der Waals surface area (Å²) in [6, 6.07) is 12.6. The van der Waals surface area contributed by atoms with Gasteiger partial charge in [-0.3, -0.25) is 14.2 Å². The molecule has 0 saturated carbocycles. The molecule has 1 saturated heterocycles. The van der Waals surface area contributed by atoms with Gasteiger partial charge >= 0.3 is 0 Å². The number of nitrogens with zero attached hydrogens (tertiary/aromatic N) is 3. The maximum Gasteiger partial charge on any atom is 0.265 e. The number of pyridine rings is 1. The highest BCUT2D eigenvalue weighted by molar-refractivity contribution is 7.13. The normalized spacial score (nSPS) is 13.3. The van der Waals surface area contributed by atoms with E-state index in [1.807, 2.05) is 26.8 Å². The van der Waals surface area contributed by atoms with Gasteiger partial charge in [-0.15, -0.1) is 11.3 Å². The summed E-state index contributed by atoms with van der Waals surface area (Å²) in [7, 11) is 0. The van der Waals surface area contributed by atoms with Crippen LogP contribution in [-0.4, -0.2) is 53.1 Å². The summed E-state index contributed by atoms with van der Waals surface area (Å²) in [6.45, 7) is 8.46. The van der Waals surface area contributed by atoms with Crippen molar-refractivity contribution in [3.8, 4) is 33.3 Å². The van der Waals surface area contributed by atoms with Crippen molar-refractivity contribution in [2.24, 2.45) is 0 Å². The maximum atomic E-state index is 14.4. The van der Waals surface area contributed by atoms with Crippen LogP contribution in [0.1, 0.15) is 48.8 Å². The predicted octanol–water partition coefficient (Wildman–Crippen LogP) is 7.09. The molecule has 1 aliphatic heterocycles. The van der Waals surface area contributed by atoms with Crippen molar-refractivity contribution < 1.29 is 18.3 Å². The van der Waals surface area contributed by atoms with Gasteiger partial charge in [-0.25, -0.2) is 13.8 Å². The van der Waals surface area contributed by atoms with Crippen molar-refractivity contribution in [3.63, 3.8) is 0 Å². The van der Waals surface area contributed by atoms with E-state index in [-0.39, 0.29) is 17.0 Å². The van der Waals surface area contributed by atoms with Crippen LogP contribution in [0.4, 0.5) is 8.78 Å². The number of allylic oxidation sites excluding steroid dienone is 1. The highest BCUT2D eigenvalue weighted by Crippen LogP contribution is 2.33. The number of carbonyl (C=O) groups is 1. The van der Waals surface area contributed by atoms with Gasteiger partial charge < -0.3 is 15.0 Å². The van der Waals surface area contributed by atoms with Crippen LogP contribution in [0.15, 0.2) is 64.3 Å². The zero-order chi connectivity index (χ0) is 30.7. The molecule has 7 nitrogen and oxygen atoms in total. The maximum absolute atomic E-state index is 14.4. The molecule has 0 radical (unpaired) electrons. The number of piperazine rings is 1. The number of carbonyl (C=O) groups excluding carboxylic acids is 1. The van der Waals surface area contributed by atoms with Gasteiger partial charge in [-0.2, -0.15) is 0 Å². The van der Waals surface area contributed by atoms with Crippen molar-refractivity contribution in [1.29, 1.82) is 0 Å². The lowest BCUT2D eigenvalue weighted by Gasteiger charge is -2.29. The minimum absolute atomic E-state index is 0.0841. The van der Waals surface area contributed by atoms with Crippen LogP contribution >= 0.6 is 22.9 Å². The Morgan fingerprint density at radius 3 is 2.51 bits per heavy atom. The number of aromatic nitrogens is 2. The molecular formula is C32H31ClF2N4O3S. The second-order valence-electron chi connectivity index (χ2n) is 10.3. The molecule has 3 heterocycles. The highest BCUT2D eigenvalue weighted by Gasteiger charge is 2.27. The first-order chi connectivity index (χ1) is 20.7. The largest absolute Gasteiger partial charge is 0.494 e. The van der Waals surface area contributed by atoms with E-state index in [9.17, 15) is 18.4 Å². The average molecular weight is 625 g/mol. The number of rotatable bonds is 8. The number of benzene rings is 2. The van der Waals surface area contributed by atoms with Crippen LogP contribution in [0, 0.1) is 0 Å². The Hall–Kier alpha value is -3.86. The van der Waals surface area contributed by atoms with Crippen LogP contribution < -0.4 is 15.6 Å². The third-order valence-electron chi connectivity index (χ3n) is 6.96. The number of thiazole rings is 1. The molecule has 0 bridgehead atoms. The number of alkyl halides is 2. The number of halogens is 3. The van der Waals surface area contributed by atoms with E-state index in [4.69, 9.17) is 21.3 Å². The fourth-order valence-electron chi connectivity index (χ4n) is 4.90. The zero-order valence-corrected chi connectivity index (χ0v) is 25.6. The van der Waals surface area contributed by atoms with Gasteiger partial charge in [0.05, 0.1) is 39.8 Å². The molecule has 2 aromatic heterocycles. The molecule has 0 spiro atoms. The third kappa shape index (κ3) is 6.56. The minimum atomic E-state index is -2.57. The van der Waals surface area contributed by atoms with Crippen LogP contribution in [-0.2, 0) is 0 Å². The molecule has 1 amide bonds. The number of hydrogen-bond donors (Lipinski definition) is 1. The molecule has 1 fully saturated rings. The van der Waals surface area contributed by atoms with Gasteiger partial charge in [-0.1, -0.05) is 41.4 Å². The molecule has 0 unspecified atom stereocenters. The zero-order valence-electron chi connectivity index (χ0n) is 24.0. The van der Waals surface area contributed by atoms with E-state index in [0.29, 0.717) is 76.8 Å². The van der Waals surface area contributed by atoms with Gasteiger partial charge in [0, 0.05) is 48.8 Å². The molecule has 2 aromatic carbocycles. The fraction of sp³-hybridized carbons (Fsp3) is 0.281. The van der Waals surface area contributed by atoms with Crippen molar-refractivity contribution >= 4 is 34.9 Å². The molecule has 224 valence electrons. The molecule has 43 heavy (non-hydrogen) atoms. The standard InChI is InChI=1S/C32H31ClF2N4O3S/c1-4-42-22-9-10-25(33)28(16-22)39-27(15-19(2)3)23(31(40)38-13-11-36-12-14-38)17-24(32(39)41)30-37-26(18-43-30)20-5-7-21(8-6-20)29(34)35/h5-10,15-18,29,36H,4,11-14H2,1-3H3. The number of nitrogens with one attached hydrogen (secondary N) is 1. The van der Waals surface area contributed by atoms with E-state index in [1.165, 1.54) is 28.0 Å². The van der Waals surface area contributed by atoms with Crippen LogP contribution in [0.2, 0.25) is 5.02 Å². The lowest BCUT2D eigenvalue weighted by molar-refractivity contribution is 0.0735. The van der Waals surface area contributed by atoms with E-state index in [1.54, 1.807) is 46.7 Å². The van der Waals surface area contributed by atoms with Crippen molar-refractivity contribution in [3.05, 3.63) is 91.7 Å². The first-order valence-electron chi connectivity index (χ1n) is 13.9. The smallest absolute Gasteiger partial charge is 0.265 e. The molecule has 5 rings (SSSR count). The van der Waals surface area contributed by atoms with E-state index in [2.05, 4.69) is 5.32 Å². The van der Waals surface area contributed by atoms with Crippen LogP contribution in [0.3, 0.4) is 0 Å². The first-order valence-corrected chi connectivity index (χ1v) is 15.2. The number of hydrogen-bond acceptors (Lipinski definition) is 6. The topological polar surface area (TPSA) is 76.5 Å². The second-order valence-corrected chi connectivity index (χ2v) is 11.5. The van der Waals surface area contributed by atoms with E-state index < -0.39 is 12.0 Å². The first kappa shape index (κ1) is 30.6. The molecule has 4 aromatic rings. The van der Waals surface area contributed by atoms with Crippen molar-refractivity contribution in [1.82, 2.24) is 19.8 Å². The lowest BCUT2D eigenvalue weighted by atomic mass is 10.0. The summed E-state index contributed by atoms with van der Waals surface area (Å²) in [5.74, 6) is 0.321. The Morgan fingerprint density at radius 1 is 1.14 bits per heavy atom. The lowest BCUT2D eigenvalue weighted by Crippen LogP contribution is -2.47. The fourth-order valence-corrected chi connectivity index (χ4v) is 5.94. The van der Waals surface area contributed by atoms with Gasteiger partial charge in [0.1, 0.15) is 10.8 Å². The summed E-state index contributed by atoms with van der Waals surface area (Å²) in [6.07, 6.45) is -0.764. The summed E-state index contributed by atoms with van der Waals surface area (Å²) in [5, 5.41) is 5.73. The minimum Gasteiger partial charge on any atom is -0.494 e. The predicted molar refractivity (Wildman–Crippen MR) is 168 cm³/mol. The summed E-state index contributed by atoms with van der Waals surface area (Å²) < 4.78 is 33.4. The molecular weight excluding hydrogens is 594 g/mol. The number of ether oxygens (including phenoxy) is 1. The van der Waals surface area contributed by atoms with Gasteiger partial charge in [0.25, 0.3) is 17.9 Å². The van der Waals surface area contributed by atoms with Crippen LogP contribution in [0.5, 0.6) is 5.75 Å². The number of amides is 1.